The molecule has 1 atom stereocenters. The Morgan fingerprint density at radius 1 is 1.60 bits per heavy atom. The van der Waals surface area contributed by atoms with Crippen LogP contribution in [0.2, 0.25) is 0 Å². The Kier molecular flexibility index (Phi) is 7.30. The molecule has 1 N–H and O–H groups in total. The van der Waals surface area contributed by atoms with Crippen molar-refractivity contribution in [2.75, 3.05) is 13.6 Å². The third-order valence-corrected chi connectivity index (χ3v) is 3.93. The first-order valence-corrected chi connectivity index (χ1v) is 6.52. The van der Waals surface area contributed by atoms with Gasteiger partial charge in [0.25, 0.3) is 5.92 Å². The normalized spacial score (nSPS) is 19.9. The van der Waals surface area contributed by atoms with Crippen molar-refractivity contribution >= 4 is 42.1 Å². The molecular formula is C11H17Cl2F2N3OS. The van der Waals surface area contributed by atoms with Crippen LogP contribution in [0.25, 0.3) is 0 Å². The van der Waals surface area contributed by atoms with Crippen molar-refractivity contribution in [3.8, 4) is 0 Å². The second kappa shape index (κ2) is 7.49. The van der Waals surface area contributed by atoms with E-state index in [1.54, 1.807) is 12.6 Å². The topological polar surface area (TPSA) is 45.2 Å². The minimum atomic E-state index is -2.78. The number of hydrogen-bond donors (Lipinski definition) is 1. The molecule has 0 spiro atoms. The Morgan fingerprint density at radius 3 is 2.70 bits per heavy atom. The predicted molar refractivity (Wildman–Crippen MR) is 79.2 cm³/mol. The van der Waals surface area contributed by atoms with Gasteiger partial charge in [0.1, 0.15) is 0 Å². The van der Waals surface area contributed by atoms with E-state index in [1.807, 2.05) is 6.92 Å². The summed E-state index contributed by atoms with van der Waals surface area (Å²) in [6.07, 6.45) is -0.419. The largest absolute Gasteiger partial charge is 0.339 e. The fourth-order valence-corrected chi connectivity index (χ4v) is 2.76. The van der Waals surface area contributed by atoms with E-state index in [0.29, 0.717) is 6.54 Å². The van der Waals surface area contributed by atoms with E-state index < -0.39 is 24.9 Å². The molecule has 0 aliphatic carbocycles. The van der Waals surface area contributed by atoms with Gasteiger partial charge in [-0.1, -0.05) is 0 Å². The summed E-state index contributed by atoms with van der Waals surface area (Å²) >= 11 is 1.46. The molecule has 0 bridgehead atoms. The van der Waals surface area contributed by atoms with Gasteiger partial charge in [0.2, 0.25) is 5.91 Å². The van der Waals surface area contributed by atoms with Crippen molar-refractivity contribution in [1.82, 2.24) is 15.2 Å². The summed E-state index contributed by atoms with van der Waals surface area (Å²) in [6, 6.07) is -0.779. The summed E-state index contributed by atoms with van der Waals surface area (Å²) in [5, 5.41) is 2.57. The third kappa shape index (κ3) is 4.51. The number of likely N-dealkylation sites (N-methyl/N-ethyl adjacent to an activating group) is 1. The third-order valence-electron chi connectivity index (χ3n) is 3.01. The van der Waals surface area contributed by atoms with Gasteiger partial charge in [-0.05, 0) is 6.92 Å². The van der Waals surface area contributed by atoms with Crippen LogP contribution in [0.5, 0.6) is 0 Å². The Morgan fingerprint density at radius 2 is 2.25 bits per heavy atom. The number of hydrogen-bond acceptors (Lipinski definition) is 4. The van der Waals surface area contributed by atoms with Crippen molar-refractivity contribution in [2.24, 2.45) is 0 Å². The van der Waals surface area contributed by atoms with Crippen LogP contribution in [0.1, 0.15) is 17.0 Å². The molecule has 1 fully saturated rings. The zero-order chi connectivity index (χ0) is 13.3. The maximum atomic E-state index is 13.0. The van der Waals surface area contributed by atoms with E-state index in [0.717, 1.165) is 10.6 Å². The van der Waals surface area contributed by atoms with Gasteiger partial charge in [-0.15, -0.1) is 36.2 Å². The fourth-order valence-electron chi connectivity index (χ4n) is 1.93. The number of aryl methyl sites for hydroxylation is 1. The first-order chi connectivity index (χ1) is 8.39. The number of alkyl halides is 2. The zero-order valence-electron chi connectivity index (χ0n) is 11.1. The van der Waals surface area contributed by atoms with Gasteiger partial charge >= 0.3 is 0 Å². The number of carbonyl (C=O) groups excluding carboxylic acids is 1. The van der Waals surface area contributed by atoms with Gasteiger partial charge < -0.3 is 4.90 Å². The van der Waals surface area contributed by atoms with Gasteiger partial charge in [0.05, 0.1) is 30.3 Å². The summed E-state index contributed by atoms with van der Waals surface area (Å²) in [7, 11) is 1.62. The Bertz CT molecular complexity index is 459. The van der Waals surface area contributed by atoms with Crippen molar-refractivity contribution in [3.05, 3.63) is 16.1 Å². The standard InChI is InChI=1S/C11H15F2N3OS.2ClH/c1-7-9(18-6-15-7)4-16(2)10(17)8-3-11(12,13)5-14-8;;/h6,8,14H,3-5H2,1-2H3;2*1H. The highest BCUT2D eigenvalue weighted by atomic mass is 35.5. The highest BCUT2D eigenvalue weighted by molar-refractivity contribution is 7.09. The molecule has 0 radical (unpaired) electrons. The highest BCUT2D eigenvalue weighted by Crippen LogP contribution is 2.26. The molecule has 20 heavy (non-hydrogen) atoms. The maximum Gasteiger partial charge on any atom is 0.262 e. The molecular weight excluding hydrogens is 331 g/mol. The van der Waals surface area contributed by atoms with E-state index in [2.05, 4.69) is 10.3 Å². The molecule has 0 aromatic carbocycles. The first kappa shape index (κ1) is 19.5. The molecule has 116 valence electrons. The fraction of sp³-hybridized carbons (Fsp3) is 0.636. The van der Waals surface area contributed by atoms with Crippen LogP contribution in [0.3, 0.4) is 0 Å². The summed E-state index contributed by atoms with van der Waals surface area (Å²) in [6.45, 7) is 1.86. The van der Waals surface area contributed by atoms with E-state index in [4.69, 9.17) is 0 Å². The molecule has 2 rings (SSSR count). The minimum Gasteiger partial charge on any atom is -0.339 e. The van der Waals surface area contributed by atoms with Crippen LogP contribution in [-0.4, -0.2) is 41.3 Å². The van der Waals surface area contributed by atoms with Gasteiger partial charge in [-0.3, -0.25) is 10.1 Å². The number of thiazole rings is 1. The van der Waals surface area contributed by atoms with Crippen LogP contribution >= 0.6 is 36.2 Å². The minimum absolute atomic E-state index is 0. The summed E-state index contributed by atoms with van der Waals surface area (Å²) in [4.78, 5) is 18.5. The van der Waals surface area contributed by atoms with Gasteiger partial charge in [0.15, 0.2) is 0 Å². The second-order valence-corrected chi connectivity index (χ2v) is 5.49. The Hall–Kier alpha value is -0.500. The predicted octanol–water partition coefficient (Wildman–Crippen LogP) is 2.25. The van der Waals surface area contributed by atoms with E-state index in [1.165, 1.54) is 16.2 Å². The first-order valence-electron chi connectivity index (χ1n) is 5.64. The summed E-state index contributed by atoms with van der Waals surface area (Å²) in [5.41, 5.74) is 2.59. The van der Waals surface area contributed by atoms with Gasteiger partial charge in [0, 0.05) is 18.3 Å². The van der Waals surface area contributed by atoms with Crippen LogP contribution in [0.4, 0.5) is 8.78 Å². The molecule has 1 amide bonds. The molecule has 0 saturated carbocycles. The molecule has 9 heteroatoms. The Labute approximate surface area is 132 Å². The molecule has 1 aliphatic heterocycles. The summed E-state index contributed by atoms with van der Waals surface area (Å²) in [5.74, 6) is -3.07. The lowest BCUT2D eigenvalue weighted by Gasteiger charge is -2.20. The number of rotatable bonds is 3. The second-order valence-electron chi connectivity index (χ2n) is 4.55. The van der Waals surface area contributed by atoms with Crippen molar-refractivity contribution in [3.63, 3.8) is 0 Å². The highest BCUT2D eigenvalue weighted by Gasteiger charge is 2.43. The average Bonchev–Trinajstić information content (AvgIpc) is 2.84. The van der Waals surface area contributed by atoms with Crippen LogP contribution in [-0.2, 0) is 11.3 Å². The van der Waals surface area contributed by atoms with Gasteiger partial charge in [-0.25, -0.2) is 13.8 Å². The van der Waals surface area contributed by atoms with E-state index >= 15 is 0 Å². The smallest absolute Gasteiger partial charge is 0.262 e. The van der Waals surface area contributed by atoms with E-state index in [-0.39, 0.29) is 30.7 Å². The Balaban J connectivity index is 0.00000180. The lowest BCUT2D eigenvalue weighted by atomic mass is 10.1. The molecule has 2 heterocycles. The van der Waals surface area contributed by atoms with Crippen LogP contribution < -0.4 is 5.32 Å². The van der Waals surface area contributed by atoms with Crippen molar-refractivity contribution < 1.29 is 13.6 Å². The lowest BCUT2D eigenvalue weighted by Crippen LogP contribution is -2.41. The average molecular weight is 348 g/mol. The number of amides is 1. The molecule has 1 unspecified atom stereocenters. The lowest BCUT2D eigenvalue weighted by molar-refractivity contribution is -0.132. The molecule has 1 aliphatic rings. The number of nitrogens with one attached hydrogen (secondary N) is 1. The maximum absolute atomic E-state index is 13.0. The number of halogens is 4. The molecule has 1 aromatic heterocycles. The molecule has 1 saturated heterocycles. The quantitative estimate of drug-likeness (QED) is 0.911. The van der Waals surface area contributed by atoms with Crippen LogP contribution in [0, 0.1) is 6.92 Å². The monoisotopic (exact) mass is 347 g/mol. The number of carbonyl (C=O) groups is 1. The van der Waals surface area contributed by atoms with Gasteiger partial charge in [-0.2, -0.15) is 0 Å². The molecule has 1 aromatic rings. The number of aromatic nitrogens is 1. The van der Waals surface area contributed by atoms with Crippen molar-refractivity contribution in [1.29, 1.82) is 0 Å². The molecule has 4 nitrogen and oxygen atoms in total. The van der Waals surface area contributed by atoms with Crippen molar-refractivity contribution in [2.45, 2.75) is 31.9 Å². The SMILES string of the molecule is Cc1ncsc1CN(C)C(=O)C1CC(F)(F)CN1.Cl.Cl. The zero-order valence-corrected chi connectivity index (χ0v) is 13.5. The summed E-state index contributed by atoms with van der Waals surface area (Å²) < 4.78 is 26.0. The number of nitrogens with zero attached hydrogens (tertiary/aromatic N) is 2. The van der Waals surface area contributed by atoms with Crippen LogP contribution in [0.15, 0.2) is 5.51 Å². The van der Waals surface area contributed by atoms with E-state index in [9.17, 15) is 13.6 Å².